The van der Waals surface area contributed by atoms with Gasteiger partial charge in [-0.25, -0.2) is 4.39 Å². The van der Waals surface area contributed by atoms with E-state index in [1.54, 1.807) is 6.07 Å². The Morgan fingerprint density at radius 1 is 1.59 bits per heavy atom. The normalized spacial score (nSPS) is 22.4. The fraction of sp³-hybridized carbons (Fsp3) is 0.500. The van der Waals surface area contributed by atoms with Gasteiger partial charge in [-0.3, -0.25) is 0 Å². The van der Waals surface area contributed by atoms with Crippen molar-refractivity contribution in [3.8, 4) is 0 Å². The zero-order chi connectivity index (χ0) is 12.3. The van der Waals surface area contributed by atoms with Crippen LogP contribution in [0.3, 0.4) is 0 Å². The molecule has 2 unspecified atom stereocenters. The minimum atomic E-state index is -0.322. The van der Waals surface area contributed by atoms with Gasteiger partial charge in [0.05, 0.1) is 12.7 Å². The number of hydrogen-bond acceptors (Lipinski definition) is 3. The molecule has 5 heteroatoms. The van der Waals surface area contributed by atoms with Crippen molar-refractivity contribution < 1.29 is 9.13 Å². The lowest BCUT2D eigenvalue weighted by Crippen LogP contribution is -2.42. The average Bonchev–Trinajstić information content (AvgIpc) is 2.34. The highest BCUT2D eigenvalue weighted by molar-refractivity contribution is 7.99. The number of halogens is 2. The fourth-order valence-corrected chi connectivity index (χ4v) is 3.03. The van der Waals surface area contributed by atoms with Gasteiger partial charge >= 0.3 is 0 Å². The summed E-state index contributed by atoms with van der Waals surface area (Å²) in [4.78, 5) is 0. The minimum absolute atomic E-state index is 0.0647. The monoisotopic (exact) mass is 275 g/mol. The highest BCUT2D eigenvalue weighted by Crippen LogP contribution is 2.21. The van der Waals surface area contributed by atoms with Crippen molar-refractivity contribution >= 4 is 23.4 Å². The number of thioether (sulfide) groups is 1. The number of nitrogens with two attached hydrogens (primary N) is 1. The molecular weight excluding hydrogens is 261 g/mol. The molecule has 0 aliphatic carbocycles. The third-order valence-electron chi connectivity index (χ3n) is 2.79. The molecular formula is C12H15ClFNOS. The molecule has 94 valence electrons. The van der Waals surface area contributed by atoms with Crippen LogP contribution in [0.25, 0.3) is 0 Å². The zero-order valence-electron chi connectivity index (χ0n) is 9.36. The predicted octanol–water partition coefficient (Wildman–Crippen LogP) is 2.48. The van der Waals surface area contributed by atoms with E-state index in [1.165, 1.54) is 12.1 Å². The van der Waals surface area contributed by atoms with Crippen molar-refractivity contribution in [1.82, 2.24) is 0 Å². The highest BCUT2D eigenvalue weighted by atomic mass is 35.5. The van der Waals surface area contributed by atoms with Crippen LogP contribution in [0.4, 0.5) is 4.39 Å². The number of ether oxygens (including phenoxy) is 1. The lowest BCUT2D eigenvalue weighted by atomic mass is 10.0. The first kappa shape index (κ1) is 13.1. The molecule has 2 N–H and O–H groups in total. The second-order valence-corrected chi connectivity index (χ2v) is 5.64. The van der Waals surface area contributed by atoms with Crippen LogP contribution in [-0.4, -0.2) is 30.3 Å². The summed E-state index contributed by atoms with van der Waals surface area (Å²) in [5.41, 5.74) is 6.97. The number of hydrogen-bond donors (Lipinski definition) is 1. The lowest BCUT2D eigenvalue weighted by Gasteiger charge is -2.27. The third-order valence-corrected chi connectivity index (χ3v) is 4.16. The van der Waals surface area contributed by atoms with Crippen LogP contribution in [0.1, 0.15) is 5.56 Å². The average molecular weight is 276 g/mol. The Hall–Kier alpha value is -0.290. The van der Waals surface area contributed by atoms with E-state index < -0.39 is 0 Å². The van der Waals surface area contributed by atoms with Crippen molar-refractivity contribution in [1.29, 1.82) is 0 Å². The summed E-state index contributed by atoms with van der Waals surface area (Å²) in [5, 5.41) is 0.434. The molecule has 1 aromatic carbocycles. The molecule has 0 amide bonds. The second kappa shape index (κ2) is 6.05. The molecule has 0 saturated carbocycles. The smallest absolute Gasteiger partial charge is 0.124 e. The van der Waals surface area contributed by atoms with Gasteiger partial charge in [0, 0.05) is 22.6 Å². The molecule has 1 heterocycles. The molecule has 0 aromatic heterocycles. The molecule has 2 nitrogen and oxygen atoms in total. The largest absolute Gasteiger partial charge is 0.375 e. The Morgan fingerprint density at radius 2 is 2.41 bits per heavy atom. The predicted molar refractivity (Wildman–Crippen MR) is 70.2 cm³/mol. The van der Waals surface area contributed by atoms with Crippen molar-refractivity contribution in [3.63, 3.8) is 0 Å². The molecule has 1 aliphatic heterocycles. The van der Waals surface area contributed by atoms with Gasteiger partial charge in [-0.2, -0.15) is 11.8 Å². The van der Waals surface area contributed by atoms with Gasteiger partial charge in [-0.1, -0.05) is 17.7 Å². The third kappa shape index (κ3) is 3.58. The van der Waals surface area contributed by atoms with Crippen molar-refractivity contribution in [2.75, 3.05) is 18.1 Å². The Morgan fingerprint density at radius 3 is 3.06 bits per heavy atom. The van der Waals surface area contributed by atoms with Gasteiger partial charge in [0.1, 0.15) is 5.82 Å². The van der Waals surface area contributed by atoms with Gasteiger partial charge in [0.15, 0.2) is 0 Å². The molecule has 17 heavy (non-hydrogen) atoms. The quantitative estimate of drug-likeness (QED) is 0.921. The molecule has 2 rings (SSSR count). The van der Waals surface area contributed by atoms with Gasteiger partial charge in [0.25, 0.3) is 0 Å². The second-order valence-electron chi connectivity index (χ2n) is 4.09. The first-order valence-corrected chi connectivity index (χ1v) is 7.09. The molecule has 1 aromatic rings. The van der Waals surface area contributed by atoms with E-state index in [0.29, 0.717) is 11.4 Å². The van der Waals surface area contributed by atoms with Crippen molar-refractivity contribution in [3.05, 3.63) is 34.6 Å². The Bertz CT molecular complexity index is 385. The number of benzene rings is 1. The Labute approximate surface area is 110 Å². The van der Waals surface area contributed by atoms with Crippen LogP contribution in [0.2, 0.25) is 5.02 Å². The molecule has 1 fully saturated rings. The first-order chi connectivity index (χ1) is 8.16. The summed E-state index contributed by atoms with van der Waals surface area (Å²) in [7, 11) is 0. The van der Waals surface area contributed by atoms with Crippen LogP contribution in [0.5, 0.6) is 0 Å². The summed E-state index contributed by atoms with van der Waals surface area (Å²) in [6.45, 7) is 0.750. The zero-order valence-corrected chi connectivity index (χ0v) is 10.9. The van der Waals surface area contributed by atoms with Gasteiger partial charge < -0.3 is 10.5 Å². The van der Waals surface area contributed by atoms with Crippen LogP contribution in [-0.2, 0) is 11.2 Å². The van der Waals surface area contributed by atoms with E-state index in [2.05, 4.69) is 0 Å². The summed E-state index contributed by atoms with van der Waals surface area (Å²) in [6.07, 6.45) is 0.680. The van der Waals surface area contributed by atoms with E-state index in [1.807, 2.05) is 11.8 Å². The van der Waals surface area contributed by atoms with Gasteiger partial charge in [0.2, 0.25) is 0 Å². The van der Waals surface area contributed by atoms with Crippen LogP contribution in [0.15, 0.2) is 18.2 Å². The van der Waals surface area contributed by atoms with Crippen molar-refractivity contribution in [2.24, 2.45) is 5.73 Å². The Balaban J connectivity index is 1.99. The van der Waals surface area contributed by atoms with Crippen molar-refractivity contribution in [2.45, 2.75) is 18.6 Å². The minimum Gasteiger partial charge on any atom is -0.375 e. The first-order valence-electron chi connectivity index (χ1n) is 5.55. The molecule has 2 atom stereocenters. The maximum atomic E-state index is 12.9. The van der Waals surface area contributed by atoms with Crippen LogP contribution >= 0.6 is 23.4 Å². The van der Waals surface area contributed by atoms with E-state index in [4.69, 9.17) is 22.1 Å². The lowest BCUT2D eigenvalue weighted by molar-refractivity contribution is 0.0572. The molecule has 0 bridgehead atoms. The molecule has 0 spiro atoms. The summed E-state index contributed by atoms with van der Waals surface area (Å²) < 4.78 is 18.5. The van der Waals surface area contributed by atoms with Gasteiger partial charge in [-0.05, 0) is 24.1 Å². The molecule has 0 radical (unpaired) electrons. The van der Waals surface area contributed by atoms with Crippen LogP contribution in [0, 0.1) is 5.82 Å². The van der Waals surface area contributed by atoms with E-state index in [0.717, 1.165) is 23.7 Å². The van der Waals surface area contributed by atoms with E-state index in [-0.39, 0.29) is 18.0 Å². The molecule has 1 saturated heterocycles. The summed E-state index contributed by atoms with van der Waals surface area (Å²) in [5.74, 6) is 1.62. The topological polar surface area (TPSA) is 35.2 Å². The fourth-order valence-electron chi connectivity index (χ4n) is 1.83. The number of rotatable bonds is 3. The van der Waals surface area contributed by atoms with E-state index >= 15 is 0 Å². The van der Waals surface area contributed by atoms with Crippen LogP contribution < -0.4 is 5.73 Å². The maximum Gasteiger partial charge on any atom is 0.124 e. The van der Waals surface area contributed by atoms with Gasteiger partial charge in [-0.15, -0.1) is 0 Å². The summed E-state index contributed by atoms with van der Waals surface area (Å²) in [6, 6.07) is 4.32. The standard InChI is InChI=1S/C12H15ClFNOS/c13-10-6-9(14)2-1-8(10)5-11(15)12-7-17-4-3-16-12/h1-2,6,11-12H,3-5,7,15H2. The maximum absolute atomic E-state index is 12.9. The SMILES string of the molecule is NC(Cc1ccc(F)cc1Cl)C1CSCCO1. The van der Waals surface area contributed by atoms with E-state index in [9.17, 15) is 4.39 Å². The Kier molecular flexibility index (Phi) is 4.68. The summed E-state index contributed by atoms with van der Waals surface area (Å²) >= 11 is 7.82. The molecule has 1 aliphatic rings. The highest BCUT2D eigenvalue weighted by Gasteiger charge is 2.22.